The van der Waals surface area contributed by atoms with Crippen LogP contribution in [0.5, 0.6) is 5.75 Å². The predicted octanol–water partition coefficient (Wildman–Crippen LogP) is 4.31. The van der Waals surface area contributed by atoms with Crippen molar-refractivity contribution in [2.24, 2.45) is 0 Å². The number of carbonyl (C=O) groups is 1. The summed E-state index contributed by atoms with van der Waals surface area (Å²) >= 11 is 0. The van der Waals surface area contributed by atoms with Gasteiger partial charge in [0, 0.05) is 22.7 Å². The van der Waals surface area contributed by atoms with Crippen LogP contribution in [0, 0.1) is 0 Å². The van der Waals surface area contributed by atoms with Gasteiger partial charge in [0.2, 0.25) is 0 Å². The third kappa shape index (κ3) is 3.77. The fraction of sp³-hybridized carbons (Fsp3) is 0.167. The van der Waals surface area contributed by atoms with Crippen molar-refractivity contribution in [3.63, 3.8) is 0 Å². The Kier molecular flexibility index (Phi) is 4.76. The van der Waals surface area contributed by atoms with E-state index in [4.69, 9.17) is 5.11 Å². The van der Waals surface area contributed by atoms with Gasteiger partial charge in [0.15, 0.2) is 0 Å². The number of carboxylic acid groups (broad SMARTS) is 1. The second-order valence-corrected chi connectivity index (χ2v) is 5.85. The molecule has 1 heterocycles. The van der Waals surface area contributed by atoms with Gasteiger partial charge in [0.1, 0.15) is 18.1 Å². The highest BCUT2D eigenvalue weighted by Gasteiger charge is 2.32. The fourth-order valence-corrected chi connectivity index (χ4v) is 2.78. The van der Waals surface area contributed by atoms with E-state index in [1.165, 1.54) is 24.3 Å². The maximum Gasteiger partial charge on any atom is 0.573 e. The first-order chi connectivity index (χ1) is 13.0. The molecule has 0 fully saturated rings. The number of benzene rings is 2. The van der Waals surface area contributed by atoms with Crippen molar-refractivity contribution in [2.75, 3.05) is 6.61 Å². The Morgan fingerprint density at radius 3 is 2.36 bits per heavy atom. The van der Waals surface area contributed by atoms with Crippen LogP contribution in [0.2, 0.25) is 0 Å². The molecule has 0 aliphatic rings. The van der Waals surface area contributed by atoms with Gasteiger partial charge in [-0.2, -0.15) is 8.78 Å². The Bertz CT molecular complexity index is 1040. The largest absolute Gasteiger partial charge is 0.573 e. The summed E-state index contributed by atoms with van der Waals surface area (Å²) < 4.78 is 70.0. The summed E-state index contributed by atoms with van der Waals surface area (Å²) in [5, 5.41) is 18.6. The first kappa shape index (κ1) is 19.6. The molecular weight excluding hydrogens is 389 g/mol. The molecule has 2 aromatic carbocycles. The van der Waals surface area contributed by atoms with Crippen LogP contribution in [0.25, 0.3) is 16.6 Å². The molecule has 148 valence electrons. The summed E-state index contributed by atoms with van der Waals surface area (Å²) in [4.78, 5) is 11.6. The molecule has 28 heavy (non-hydrogen) atoms. The Labute approximate surface area is 154 Å². The van der Waals surface area contributed by atoms with Gasteiger partial charge in [-0.25, -0.2) is 4.79 Å². The molecule has 5 nitrogen and oxygen atoms in total. The van der Waals surface area contributed by atoms with Gasteiger partial charge in [-0.05, 0) is 30.3 Å². The minimum atomic E-state index is -4.95. The van der Waals surface area contributed by atoms with Crippen molar-refractivity contribution in [1.29, 1.82) is 0 Å². The van der Waals surface area contributed by atoms with Crippen LogP contribution in [-0.4, -0.2) is 33.7 Å². The maximum atomic E-state index is 13.8. The van der Waals surface area contributed by atoms with Gasteiger partial charge < -0.3 is 19.5 Å². The Morgan fingerprint density at radius 2 is 1.75 bits per heavy atom. The van der Waals surface area contributed by atoms with Crippen LogP contribution in [0.3, 0.4) is 0 Å². The third-order valence-electron chi connectivity index (χ3n) is 3.95. The molecular formula is C18H12F5NO4. The third-order valence-corrected chi connectivity index (χ3v) is 3.95. The summed E-state index contributed by atoms with van der Waals surface area (Å²) in [6.07, 6.45) is -4.95. The van der Waals surface area contributed by atoms with Gasteiger partial charge in [0.05, 0.1) is 5.52 Å². The van der Waals surface area contributed by atoms with Crippen molar-refractivity contribution < 1.29 is 41.7 Å². The zero-order chi connectivity index (χ0) is 20.7. The number of ether oxygens (including phenoxy) is 1. The van der Waals surface area contributed by atoms with Gasteiger partial charge in [-0.1, -0.05) is 12.1 Å². The van der Waals surface area contributed by atoms with Gasteiger partial charge in [0.25, 0.3) is 5.92 Å². The van der Waals surface area contributed by atoms with Crippen LogP contribution >= 0.6 is 0 Å². The maximum absolute atomic E-state index is 13.8. The zero-order valence-electron chi connectivity index (χ0n) is 13.9. The predicted molar refractivity (Wildman–Crippen MR) is 87.9 cm³/mol. The van der Waals surface area contributed by atoms with Crippen molar-refractivity contribution in [1.82, 2.24) is 4.57 Å². The lowest BCUT2D eigenvalue weighted by molar-refractivity contribution is -0.274. The number of aliphatic hydroxyl groups is 1. The summed E-state index contributed by atoms with van der Waals surface area (Å²) in [6.45, 7) is -1.46. The fourth-order valence-electron chi connectivity index (χ4n) is 2.78. The number of hydrogen-bond donors (Lipinski definition) is 2. The van der Waals surface area contributed by atoms with Crippen molar-refractivity contribution in [3.05, 3.63) is 59.8 Å². The number of fused-ring (bicyclic) bond motifs is 1. The number of hydrogen-bond acceptors (Lipinski definition) is 3. The Hall–Kier alpha value is -3.14. The lowest BCUT2D eigenvalue weighted by atomic mass is 10.1. The summed E-state index contributed by atoms with van der Waals surface area (Å²) in [6, 6.07) is 8.96. The van der Waals surface area contributed by atoms with Crippen molar-refractivity contribution in [3.8, 4) is 11.4 Å². The lowest BCUT2D eigenvalue weighted by Crippen LogP contribution is -2.19. The van der Waals surface area contributed by atoms with Crippen LogP contribution in [0.4, 0.5) is 22.0 Å². The molecule has 0 amide bonds. The quantitative estimate of drug-likeness (QED) is 0.625. The molecule has 0 aliphatic carbocycles. The highest BCUT2D eigenvalue weighted by molar-refractivity contribution is 5.96. The van der Waals surface area contributed by atoms with E-state index in [1.54, 1.807) is 0 Å². The first-order valence-corrected chi connectivity index (χ1v) is 7.76. The van der Waals surface area contributed by atoms with E-state index in [0.29, 0.717) is 0 Å². The van der Waals surface area contributed by atoms with E-state index < -0.39 is 36.2 Å². The number of alkyl halides is 5. The number of rotatable bonds is 5. The molecule has 3 rings (SSSR count). The van der Waals surface area contributed by atoms with Gasteiger partial charge in [-0.15, -0.1) is 13.2 Å². The van der Waals surface area contributed by atoms with Gasteiger partial charge in [-0.3, -0.25) is 0 Å². The standard InChI is InChI=1S/C18H12F5NO4/c19-17(20,9-25)11-2-1-3-12(7-11)24-14-8-13(28-18(21,22)23)5-4-10(14)6-15(24)16(26)27/h1-8,25H,9H2,(H,26,27). The Morgan fingerprint density at radius 1 is 1.04 bits per heavy atom. The number of aromatic carboxylic acids is 1. The van der Waals surface area contributed by atoms with E-state index in [9.17, 15) is 31.9 Å². The highest BCUT2D eigenvalue weighted by Crippen LogP contribution is 2.33. The number of aromatic nitrogens is 1. The smallest absolute Gasteiger partial charge is 0.477 e. The van der Waals surface area contributed by atoms with E-state index in [0.717, 1.165) is 28.8 Å². The number of nitrogens with zero attached hydrogens (tertiary/aromatic N) is 1. The SMILES string of the molecule is O=C(O)c1cc2ccc(OC(F)(F)F)cc2n1-c1cccc(C(F)(F)CO)c1. The van der Waals surface area contributed by atoms with E-state index in [1.807, 2.05) is 0 Å². The molecule has 0 radical (unpaired) electrons. The summed E-state index contributed by atoms with van der Waals surface area (Å²) in [5.74, 6) is -5.57. The minimum absolute atomic E-state index is 0.0172. The van der Waals surface area contributed by atoms with Crippen LogP contribution in [0.1, 0.15) is 16.1 Å². The normalized spacial score (nSPS) is 12.4. The van der Waals surface area contributed by atoms with Crippen LogP contribution in [-0.2, 0) is 5.92 Å². The number of carboxylic acids is 1. The van der Waals surface area contributed by atoms with Gasteiger partial charge >= 0.3 is 12.3 Å². The van der Waals surface area contributed by atoms with E-state index >= 15 is 0 Å². The molecule has 0 bridgehead atoms. The second-order valence-electron chi connectivity index (χ2n) is 5.85. The van der Waals surface area contributed by atoms with E-state index in [-0.39, 0.29) is 22.3 Å². The zero-order valence-corrected chi connectivity index (χ0v) is 13.9. The Balaban J connectivity index is 2.23. The van der Waals surface area contributed by atoms with Crippen molar-refractivity contribution >= 4 is 16.9 Å². The molecule has 3 aromatic rings. The molecule has 0 aliphatic heterocycles. The van der Waals surface area contributed by atoms with Crippen LogP contribution in [0.15, 0.2) is 48.5 Å². The highest BCUT2D eigenvalue weighted by atomic mass is 19.4. The molecule has 0 atom stereocenters. The van der Waals surface area contributed by atoms with E-state index in [2.05, 4.69) is 4.74 Å². The average Bonchev–Trinajstić information content (AvgIpc) is 2.99. The topological polar surface area (TPSA) is 71.7 Å². The first-order valence-electron chi connectivity index (χ1n) is 7.76. The molecule has 2 N–H and O–H groups in total. The average molecular weight is 401 g/mol. The molecule has 10 heteroatoms. The molecule has 0 saturated heterocycles. The van der Waals surface area contributed by atoms with Crippen LogP contribution < -0.4 is 4.74 Å². The molecule has 0 unspecified atom stereocenters. The number of halogens is 5. The molecule has 0 spiro atoms. The monoisotopic (exact) mass is 401 g/mol. The minimum Gasteiger partial charge on any atom is -0.477 e. The second kappa shape index (κ2) is 6.79. The number of aliphatic hydroxyl groups excluding tert-OH is 1. The molecule has 1 aromatic heterocycles. The summed E-state index contributed by atoms with van der Waals surface area (Å²) in [7, 11) is 0. The van der Waals surface area contributed by atoms with Crippen molar-refractivity contribution in [2.45, 2.75) is 12.3 Å². The lowest BCUT2D eigenvalue weighted by Gasteiger charge is -2.16. The molecule has 0 saturated carbocycles. The summed E-state index contributed by atoms with van der Waals surface area (Å²) in [5.41, 5.74) is -0.928.